The van der Waals surface area contributed by atoms with Crippen molar-refractivity contribution in [3.05, 3.63) is 22.2 Å². The molecule has 0 saturated heterocycles. The number of ether oxygens (including phenoxy) is 1. The van der Waals surface area contributed by atoms with Gasteiger partial charge in [0.25, 0.3) is 0 Å². The molecular weight excluding hydrogens is 188 g/mol. The molecule has 0 amide bonds. The maximum absolute atomic E-state index is 6.00. The molecule has 0 atom stereocenters. The van der Waals surface area contributed by atoms with E-state index in [9.17, 15) is 0 Å². The SMILES string of the molecule is COCc1nc(Cl)c2c(n1)CCC2. The lowest BCUT2D eigenvalue weighted by molar-refractivity contribution is 0.177. The summed E-state index contributed by atoms with van der Waals surface area (Å²) < 4.78 is 4.96. The monoisotopic (exact) mass is 198 g/mol. The highest BCUT2D eigenvalue weighted by atomic mass is 35.5. The van der Waals surface area contributed by atoms with Crippen LogP contribution in [0.5, 0.6) is 0 Å². The normalized spacial score (nSPS) is 14.6. The average molecular weight is 199 g/mol. The highest BCUT2D eigenvalue weighted by Crippen LogP contribution is 2.25. The fourth-order valence-electron chi connectivity index (χ4n) is 1.63. The van der Waals surface area contributed by atoms with E-state index in [0.717, 1.165) is 30.5 Å². The second-order valence-corrected chi connectivity index (χ2v) is 3.50. The second kappa shape index (κ2) is 3.60. The summed E-state index contributed by atoms with van der Waals surface area (Å²) in [4.78, 5) is 8.55. The number of nitrogens with zero attached hydrogens (tertiary/aromatic N) is 2. The molecule has 13 heavy (non-hydrogen) atoms. The minimum Gasteiger partial charge on any atom is -0.377 e. The van der Waals surface area contributed by atoms with Crippen LogP contribution in [0.15, 0.2) is 0 Å². The van der Waals surface area contributed by atoms with Gasteiger partial charge in [-0.2, -0.15) is 0 Å². The van der Waals surface area contributed by atoms with Crippen molar-refractivity contribution in [2.45, 2.75) is 25.9 Å². The zero-order valence-electron chi connectivity index (χ0n) is 7.51. The third-order valence-electron chi connectivity index (χ3n) is 2.20. The van der Waals surface area contributed by atoms with Crippen LogP contribution in [-0.4, -0.2) is 17.1 Å². The van der Waals surface area contributed by atoms with Crippen LogP contribution in [0, 0.1) is 0 Å². The third-order valence-corrected chi connectivity index (χ3v) is 2.52. The maximum atomic E-state index is 6.00. The van der Waals surface area contributed by atoms with E-state index < -0.39 is 0 Å². The van der Waals surface area contributed by atoms with Crippen LogP contribution in [0.3, 0.4) is 0 Å². The molecule has 0 aliphatic heterocycles. The van der Waals surface area contributed by atoms with Gasteiger partial charge in [0, 0.05) is 18.4 Å². The molecule has 0 fully saturated rings. The van der Waals surface area contributed by atoms with Gasteiger partial charge in [-0.25, -0.2) is 9.97 Å². The lowest BCUT2D eigenvalue weighted by atomic mass is 10.3. The summed E-state index contributed by atoms with van der Waals surface area (Å²) in [5, 5.41) is 0.606. The Labute approximate surface area is 82.1 Å². The smallest absolute Gasteiger partial charge is 0.155 e. The van der Waals surface area contributed by atoms with E-state index in [4.69, 9.17) is 16.3 Å². The molecule has 0 bridgehead atoms. The Morgan fingerprint density at radius 3 is 3.00 bits per heavy atom. The lowest BCUT2D eigenvalue weighted by Crippen LogP contribution is -2.02. The highest BCUT2D eigenvalue weighted by Gasteiger charge is 2.17. The Morgan fingerprint density at radius 1 is 1.38 bits per heavy atom. The molecule has 3 nitrogen and oxygen atoms in total. The molecule has 1 heterocycles. The molecule has 1 aromatic heterocycles. The highest BCUT2D eigenvalue weighted by molar-refractivity contribution is 6.30. The Hall–Kier alpha value is -0.670. The average Bonchev–Trinajstić information content (AvgIpc) is 2.53. The van der Waals surface area contributed by atoms with Crippen molar-refractivity contribution in [1.29, 1.82) is 0 Å². The number of hydrogen-bond acceptors (Lipinski definition) is 3. The Kier molecular flexibility index (Phi) is 2.47. The van der Waals surface area contributed by atoms with Crippen molar-refractivity contribution in [3.8, 4) is 0 Å². The van der Waals surface area contributed by atoms with Crippen LogP contribution in [0.4, 0.5) is 0 Å². The number of aromatic nitrogens is 2. The largest absolute Gasteiger partial charge is 0.377 e. The molecule has 4 heteroatoms. The minimum absolute atomic E-state index is 0.438. The van der Waals surface area contributed by atoms with Gasteiger partial charge in [0.15, 0.2) is 5.82 Å². The zero-order valence-corrected chi connectivity index (χ0v) is 8.26. The zero-order chi connectivity index (χ0) is 9.26. The fraction of sp³-hybridized carbons (Fsp3) is 0.556. The summed E-state index contributed by atoms with van der Waals surface area (Å²) in [6.07, 6.45) is 3.18. The van der Waals surface area contributed by atoms with Crippen LogP contribution in [-0.2, 0) is 24.2 Å². The number of halogens is 1. The first kappa shape index (κ1) is 8.91. The van der Waals surface area contributed by atoms with Crippen molar-refractivity contribution in [3.63, 3.8) is 0 Å². The van der Waals surface area contributed by atoms with E-state index in [1.807, 2.05) is 0 Å². The standard InChI is InChI=1S/C9H11ClN2O/c1-13-5-8-11-7-4-2-3-6(7)9(10)12-8/h2-5H2,1H3. The summed E-state index contributed by atoms with van der Waals surface area (Å²) in [5.74, 6) is 0.688. The first-order valence-electron chi connectivity index (χ1n) is 4.34. The van der Waals surface area contributed by atoms with E-state index >= 15 is 0 Å². The van der Waals surface area contributed by atoms with Crippen LogP contribution < -0.4 is 0 Å². The molecule has 1 aliphatic carbocycles. The van der Waals surface area contributed by atoms with Crippen LogP contribution >= 0.6 is 11.6 Å². The number of rotatable bonds is 2. The molecule has 0 unspecified atom stereocenters. The molecule has 0 aromatic carbocycles. The van der Waals surface area contributed by atoms with Gasteiger partial charge in [-0.05, 0) is 19.3 Å². The van der Waals surface area contributed by atoms with Gasteiger partial charge in [-0.1, -0.05) is 11.6 Å². The fourth-order valence-corrected chi connectivity index (χ4v) is 1.93. The summed E-state index contributed by atoms with van der Waals surface area (Å²) >= 11 is 6.00. The molecule has 0 saturated carbocycles. The summed E-state index contributed by atoms with van der Waals surface area (Å²) in [5.41, 5.74) is 2.23. The molecule has 0 N–H and O–H groups in total. The lowest BCUT2D eigenvalue weighted by Gasteiger charge is -2.03. The second-order valence-electron chi connectivity index (χ2n) is 3.14. The Morgan fingerprint density at radius 2 is 2.23 bits per heavy atom. The van der Waals surface area contributed by atoms with Gasteiger partial charge in [0.05, 0.1) is 0 Å². The van der Waals surface area contributed by atoms with Crippen molar-refractivity contribution >= 4 is 11.6 Å². The summed E-state index contributed by atoms with van der Waals surface area (Å²) in [6.45, 7) is 0.438. The van der Waals surface area contributed by atoms with E-state index in [2.05, 4.69) is 9.97 Å². The number of fused-ring (bicyclic) bond motifs is 1. The van der Waals surface area contributed by atoms with Crippen molar-refractivity contribution in [2.24, 2.45) is 0 Å². The van der Waals surface area contributed by atoms with Crippen LogP contribution in [0.1, 0.15) is 23.5 Å². The molecular formula is C9H11ClN2O. The number of methoxy groups -OCH3 is 1. The van der Waals surface area contributed by atoms with E-state index in [0.29, 0.717) is 17.6 Å². The topological polar surface area (TPSA) is 35.0 Å². The molecule has 2 rings (SSSR count). The molecule has 70 valence electrons. The van der Waals surface area contributed by atoms with Gasteiger partial charge in [-0.15, -0.1) is 0 Å². The van der Waals surface area contributed by atoms with Crippen molar-refractivity contribution in [1.82, 2.24) is 9.97 Å². The van der Waals surface area contributed by atoms with Crippen molar-refractivity contribution in [2.75, 3.05) is 7.11 Å². The van der Waals surface area contributed by atoms with Crippen LogP contribution in [0.25, 0.3) is 0 Å². The van der Waals surface area contributed by atoms with Gasteiger partial charge >= 0.3 is 0 Å². The summed E-state index contributed by atoms with van der Waals surface area (Å²) in [7, 11) is 1.63. The van der Waals surface area contributed by atoms with E-state index in [-0.39, 0.29) is 0 Å². The quantitative estimate of drug-likeness (QED) is 0.680. The molecule has 1 aromatic rings. The van der Waals surface area contributed by atoms with Gasteiger partial charge in [-0.3, -0.25) is 0 Å². The minimum atomic E-state index is 0.438. The summed E-state index contributed by atoms with van der Waals surface area (Å²) in [6, 6.07) is 0. The van der Waals surface area contributed by atoms with E-state index in [1.54, 1.807) is 7.11 Å². The van der Waals surface area contributed by atoms with E-state index in [1.165, 1.54) is 0 Å². The number of aryl methyl sites for hydroxylation is 1. The molecule has 0 spiro atoms. The van der Waals surface area contributed by atoms with Crippen molar-refractivity contribution < 1.29 is 4.74 Å². The Balaban J connectivity index is 2.37. The first-order chi connectivity index (χ1) is 6.31. The molecule has 1 aliphatic rings. The first-order valence-corrected chi connectivity index (χ1v) is 4.72. The maximum Gasteiger partial charge on any atom is 0.155 e. The number of hydrogen-bond donors (Lipinski definition) is 0. The van der Waals surface area contributed by atoms with Gasteiger partial charge < -0.3 is 4.74 Å². The predicted molar refractivity (Wildman–Crippen MR) is 49.8 cm³/mol. The van der Waals surface area contributed by atoms with Gasteiger partial charge in [0.2, 0.25) is 0 Å². The molecule has 0 radical (unpaired) electrons. The van der Waals surface area contributed by atoms with Gasteiger partial charge in [0.1, 0.15) is 11.8 Å². The predicted octanol–water partition coefficient (Wildman–Crippen LogP) is 1.77. The third kappa shape index (κ3) is 1.67. The van der Waals surface area contributed by atoms with Crippen LogP contribution in [0.2, 0.25) is 5.15 Å². The Bertz CT molecular complexity index is 328.